The molecule has 1 rings (SSSR count). The molecule has 4 nitrogen and oxygen atoms in total. The van der Waals surface area contributed by atoms with E-state index in [0.717, 1.165) is 4.47 Å². The summed E-state index contributed by atoms with van der Waals surface area (Å²) in [6.07, 6.45) is 0.583. The molecule has 18 heavy (non-hydrogen) atoms. The first-order valence-corrected chi connectivity index (χ1v) is 6.73. The summed E-state index contributed by atoms with van der Waals surface area (Å²) in [5.41, 5.74) is 6.91. The van der Waals surface area contributed by atoms with Crippen molar-refractivity contribution in [1.29, 1.82) is 0 Å². The second-order valence-electron chi connectivity index (χ2n) is 4.41. The van der Waals surface area contributed by atoms with Crippen LogP contribution in [0.15, 0.2) is 22.7 Å². The van der Waals surface area contributed by atoms with E-state index in [1.807, 2.05) is 13.8 Å². The number of carbonyl (C=O) groups excluding carboxylic acids is 1. The highest BCUT2D eigenvalue weighted by Crippen LogP contribution is 2.21. The van der Waals surface area contributed by atoms with E-state index in [1.54, 1.807) is 23.1 Å². The van der Waals surface area contributed by atoms with Gasteiger partial charge in [-0.15, -0.1) is 0 Å². The standard InChI is InChI=1S/C13H19BrN2O2/c1-9(2)16(6-3-7-17)13(18)10-4-5-12(15)11(14)8-10/h4-5,8-9,17H,3,6-7,15H2,1-2H3. The summed E-state index contributed by atoms with van der Waals surface area (Å²) in [5.74, 6) is -0.0425. The van der Waals surface area contributed by atoms with E-state index in [2.05, 4.69) is 15.9 Å². The molecule has 0 aromatic heterocycles. The van der Waals surface area contributed by atoms with Crippen LogP contribution >= 0.6 is 15.9 Å². The summed E-state index contributed by atoms with van der Waals surface area (Å²) in [7, 11) is 0. The van der Waals surface area contributed by atoms with Gasteiger partial charge in [0.05, 0.1) is 0 Å². The topological polar surface area (TPSA) is 66.6 Å². The van der Waals surface area contributed by atoms with E-state index in [-0.39, 0.29) is 18.6 Å². The van der Waals surface area contributed by atoms with Gasteiger partial charge >= 0.3 is 0 Å². The van der Waals surface area contributed by atoms with Crippen molar-refractivity contribution >= 4 is 27.5 Å². The van der Waals surface area contributed by atoms with Crippen molar-refractivity contribution in [2.75, 3.05) is 18.9 Å². The number of aliphatic hydroxyl groups is 1. The van der Waals surface area contributed by atoms with Crippen LogP contribution in [0.1, 0.15) is 30.6 Å². The summed E-state index contributed by atoms with van der Waals surface area (Å²) < 4.78 is 0.721. The monoisotopic (exact) mass is 314 g/mol. The van der Waals surface area contributed by atoms with Crippen molar-refractivity contribution in [1.82, 2.24) is 4.90 Å². The first-order chi connectivity index (χ1) is 8.47. The number of benzene rings is 1. The molecule has 0 bridgehead atoms. The van der Waals surface area contributed by atoms with E-state index in [0.29, 0.717) is 24.2 Å². The lowest BCUT2D eigenvalue weighted by atomic mass is 10.1. The fourth-order valence-electron chi connectivity index (χ4n) is 1.66. The Morgan fingerprint density at radius 2 is 2.17 bits per heavy atom. The number of aliphatic hydroxyl groups excluding tert-OH is 1. The third-order valence-electron chi connectivity index (χ3n) is 2.69. The molecule has 0 fully saturated rings. The summed E-state index contributed by atoms with van der Waals surface area (Å²) in [6.45, 7) is 4.56. The van der Waals surface area contributed by atoms with Gasteiger partial charge in [0.15, 0.2) is 0 Å². The number of nitrogens with two attached hydrogens (primary N) is 1. The average molecular weight is 315 g/mol. The summed E-state index contributed by atoms with van der Waals surface area (Å²) in [5, 5.41) is 8.87. The van der Waals surface area contributed by atoms with Crippen molar-refractivity contribution < 1.29 is 9.90 Å². The fourth-order valence-corrected chi connectivity index (χ4v) is 2.04. The van der Waals surface area contributed by atoms with Crippen LogP contribution in [0.5, 0.6) is 0 Å². The van der Waals surface area contributed by atoms with Crippen molar-refractivity contribution in [3.05, 3.63) is 28.2 Å². The van der Waals surface area contributed by atoms with Gasteiger partial charge in [0.2, 0.25) is 0 Å². The van der Waals surface area contributed by atoms with Gasteiger partial charge in [0, 0.05) is 34.9 Å². The van der Waals surface area contributed by atoms with E-state index in [9.17, 15) is 4.79 Å². The quantitative estimate of drug-likeness (QED) is 0.819. The Kier molecular flexibility index (Phi) is 5.62. The zero-order chi connectivity index (χ0) is 13.7. The Balaban J connectivity index is 2.91. The highest BCUT2D eigenvalue weighted by Gasteiger charge is 2.18. The third kappa shape index (κ3) is 3.71. The van der Waals surface area contributed by atoms with E-state index in [4.69, 9.17) is 10.8 Å². The Hall–Kier alpha value is -1.07. The number of rotatable bonds is 5. The number of carbonyl (C=O) groups is 1. The number of hydrogen-bond donors (Lipinski definition) is 2. The van der Waals surface area contributed by atoms with Gasteiger partial charge in [-0.05, 0) is 54.4 Å². The van der Waals surface area contributed by atoms with Gasteiger partial charge in [0.1, 0.15) is 0 Å². The predicted octanol–water partition coefficient (Wildman–Crippen LogP) is 2.26. The second-order valence-corrected chi connectivity index (χ2v) is 5.26. The van der Waals surface area contributed by atoms with Crippen molar-refractivity contribution in [3.8, 4) is 0 Å². The molecule has 0 radical (unpaired) electrons. The van der Waals surface area contributed by atoms with Crippen LogP contribution in [-0.4, -0.2) is 35.1 Å². The molecule has 0 spiro atoms. The minimum atomic E-state index is -0.0425. The van der Waals surface area contributed by atoms with E-state index in [1.165, 1.54) is 0 Å². The van der Waals surface area contributed by atoms with Gasteiger partial charge < -0.3 is 15.7 Å². The molecule has 0 saturated carbocycles. The zero-order valence-corrected chi connectivity index (χ0v) is 12.3. The molecule has 0 aliphatic rings. The highest BCUT2D eigenvalue weighted by atomic mass is 79.9. The molecule has 1 amide bonds. The minimum absolute atomic E-state index is 0.0425. The lowest BCUT2D eigenvalue weighted by Gasteiger charge is -2.26. The number of nitrogens with zero attached hydrogens (tertiary/aromatic N) is 1. The Labute approximate surface area is 116 Å². The van der Waals surface area contributed by atoms with Gasteiger partial charge in [0.25, 0.3) is 5.91 Å². The SMILES string of the molecule is CC(C)N(CCCO)C(=O)c1ccc(N)c(Br)c1. The lowest BCUT2D eigenvalue weighted by molar-refractivity contribution is 0.0693. The van der Waals surface area contributed by atoms with Crippen LogP contribution in [-0.2, 0) is 0 Å². The van der Waals surface area contributed by atoms with Crippen LogP contribution < -0.4 is 5.73 Å². The number of halogens is 1. The van der Waals surface area contributed by atoms with Crippen LogP contribution in [0.2, 0.25) is 0 Å². The fraction of sp³-hybridized carbons (Fsp3) is 0.462. The highest BCUT2D eigenvalue weighted by molar-refractivity contribution is 9.10. The molecule has 1 aromatic carbocycles. The summed E-state index contributed by atoms with van der Waals surface area (Å²) in [6, 6.07) is 5.25. The average Bonchev–Trinajstić information content (AvgIpc) is 2.32. The van der Waals surface area contributed by atoms with E-state index < -0.39 is 0 Å². The maximum absolute atomic E-state index is 12.3. The van der Waals surface area contributed by atoms with Gasteiger partial charge in [-0.3, -0.25) is 4.79 Å². The van der Waals surface area contributed by atoms with Crippen LogP contribution in [0.4, 0.5) is 5.69 Å². The Bertz CT molecular complexity index is 421. The summed E-state index contributed by atoms with van der Waals surface area (Å²) in [4.78, 5) is 14.1. The molecule has 0 aliphatic heterocycles. The number of nitrogen functional groups attached to an aromatic ring is 1. The molecule has 0 atom stereocenters. The molecule has 0 saturated heterocycles. The number of hydrogen-bond acceptors (Lipinski definition) is 3. The summed E-state index contributed by atoms with van der Waals surface area (Å²) >= 11 is 3.32. The van der Waals surface area contributed by atoms with Crippen molar-refractivity contribution in [2.24, 2.45) is 0 Å². The van der Waals surface area contributed by atoms with E-state index >= 15 is 0 Å². The zero-order valence-electron chi connectivity index (χ0n) is 10.7. The first-order valence-electron chi connectivity index (χ1n) is 5.94. The van der Waals surface area contributed by atoms with Gasteiger partial charge in [-0.25, -0.2) is 0 Å². The Morgan fingerprint density at radius 1 is 1.50 bits per heavy atom. The van der Waals surface area contributed by atoms with Crippen LogP contribution in [0, 0.1) is 0 Å². The van der Waals surface area contributed by atoms with Crippen LogP contribution in [0.25, 0.3) is 0 Å². The first kappa shape index (κ1) is 15.0. The second kappa shape index (κ2) is 6.75. The van der Waals surface area contributed by atoms with Crippen molar-refractivity contribution in [3.63, 3.8) is 0 Å². The molecular weight excluding hydrogens is 296 g/mol. The molecule has 0 heterocycles. The predicted molar refractivity (Wildman–Crippen MR) is 76.4 cm³/mol. The largest absolute Gasteiger partial charge is 0.398 e. The number of anilines is 1. The minimum Gasteiger partial charge on any atom is -0.398 e. The maximum atomic E-state index is 12.3. The molecule has 100 valence electrons. The molecular formula is C13H19BrN2O2. The molecule has 5 heteroatoms. The smallest absolute Gasteiger partial charge is 0.254 e. The lowest BCUT2D eigenvalue weighted by Crippen LogP contribution is -2.38. The third-order valence-corrected chi connectivity index (χ3v) is 3.38. The number of amides is 1. The molecule has 0 aliphatic carbocycles. The van der Waals surface area contributed by atoms with Crippen molar-refractivity contribution in [2.45, 2.75) is 26.3 Å². The Morgan fingerprint density at radius 3 is 2.67 bits per heavy atom. The molecule has 0 unspecified atom stereocenters. The maximum Gasteiger partial charge on any atom is 0.254 e. The normalized spacial score (nSPS) is 10.7. The molecule has 1 aromatic rings. The van der Waals surface area contributed by atoms with Gasteiger partial charge in [-0.2, -0.15) is 0 Å². The molecule has 3 N–H and O–H groups in total. The van der Waals surface area contributed by atoms with Gasteiger partial charge in [-0.1, -0.05) is 0 Å². The van der Waals surface area contributed by atoms with Crippen LogP contribution in [0.3, 0.4) is 0 Å².